The van der Waals surface area contributed by atoms with E-state index in [0.29, 0.717) is 25.8 Å². The van der Waals surface area contributed by atoms with Crippen LogP contribution < -0.4 is 0 Å². The van der Waals surface area contributed by atoms with E-state index in [-0.39, 0.29) is 11.9 Å². The minimum Gasteiger partial charge on any atom is -0.481 e. The van der Waals surface area contributed by atoms with E-state index in [4.69, 9.17) is 5.11 Å². The van der Waals surface area contributed by atoms with Gasteiger partial charge in [0.1, 0.15) is 0 Å². The molecule has 1 aliphatic heterocycles. The number of amides is 1. The molecule has 102 valence electrons. The Labute approximate surface area is 112 Å². The maximum Gasteiger partial charge on any atom is 0.308 e. The quantitative estimate of drug-likeness (QED) is 0.888. The van der Waals surface area contributed by atoms with Crippen LogP contribution in [0, 0.1) is 5.92 Å². The summed E-state index contributed by atoms with van der Waals surface area (Å²) in [7, 11) is 0. The number of likely N-dealkylation sites (tertiary alicyclic amines) is 1. The van der Waals surface area contributed by atoms with E-state index in [0.717, 1.165) is 5.69 Å². The lowest BCUT2D eigenvalue weighted by atomic mass is 10.0. The average molecular weight is 262 g/mol. The van der Waals surface area contributed by atoms with Gasteiger partial charge in [-0.25, -0.2) is 0 Å². The first-order valence-corrected chi connectivity index (χ1v) is 6.52. The molecule has 1 aliphatic rings. The van der Waals surface area contributed by atoms with E-state index in [1.165, 1.54) is 0 Å². The largest absolute Gasteiger partial charge is 0.481 e. The topological polar surface area (TPSA) is 70.5 Å². The molecule has 1 fully saturated rings. The van der Waals surface area contributed by atoms with Gasteiger partial charge >= 0.3 is 5.97 Å². The van der Waals surface area contributed by atoms with Gasteiger partial charge in [0.05, 0.1) is 5.92 Å². The Morgan fingerprint density at radius 2 is 2.26 bits per heavy atom. The molecule has 1 amide bonds. The van der Waals surface area contributed by atoms with Crippen molar-refractivity contribution in [3.05, 3.63) is 30.1 Å². The number of aromatic nitrogens is 1. The maximum atomic E-state index is 12.1. The van der Waals surface area contributed by atoms with Crippen LogP contribution in [0.5, 0.6) is 0 Å². The van der Waals surface area contributed by atoms with Crippen LogP contribution in [-0.2, 0) is 16.0 Å². The number of carboxylic acids is 1. The SMILES string of the molecule is CC1C(C(=O)O)CCN1C(=O)CCc1ccccn1. The van der Waals surface area contributed by atoms with Crippen molar-refractivity contribution in [2.75, 3.05) is 6.54 Å². The fourth-order valence-electron chi connectivity index (χ4n) is 2.55. The number of aryl methyl sites for hydroxylation is 1. The first-order valence-electron chi connectivity index (χ1n) is 6.52. The van der Waals surface area contributed by atoms with Crippen molar-refractivity contribution in [3.8, 4) is 0 Å². The summed E-state index contributed by atoms with van der Waals surface area (Å²) in [5.74, 6) is -1.23. The molecule has 0 aliphatic carbocycles. The van der Waals surface area contributed by atoms with E-state index < -0.39 is 11.9 Å². The van der Waals surface area contributed by atoms with Gasteiger partial charge in [0.2, 0.25) is 5.91 Å². The van der Waals surface area contributed by atoms with Crippen LogP contribution in [0.3, 0.4) is 0 Å². The highest BCUT2D eigenvalue weighted by Crippen LogP contribution is 2.25. The molecule has 2 rings (SSSR count). The highest BCUT2D eigenvalue weighted by molar-refractivity contribution is 5.79. The van der Waals surface area contributed by atoms with Gasteiger partial charge in [0.25, 0.3) is 0 Å². The standard InChI is InChI=1S/C14H18N2O3/c1-10-12(14(18)19)7-9-16(10)13(17)6-5-11-4-2-3-8-15-11/h2-4,8,10,12H,5-7,9H2,1H3,(H,18,19). The molecule has 0 bridgehead atoms. The van der Waals surface area contributed by atoms with Crippen molar-refractivity contribution >= 4 is 11.9 Å². The van der Waals surface area contributed by atoms with E-state index in [9.17, 15) is 9.59 Å². The monoisotopic (exact) mass is 262 g/mol. The lowest BCUT2D eigenvalue weighted by Gasteiger charge is -2.23. The molecule has 2 atom stereocenters. The lowest BCUT2D eigenvalue weighted by Crippen LogP contribution is -2.37. The summed E-state index contributed by atoms with van der Waals surface area (Å²) < 4.78 is 0. The second kappa shape index (κ2) is 5.82. The molecular weight excluding hydrogens is 244 g/mol. The number of carboxylic acid groups (broad SMARTS) is 1. The lowest BCUT2D eigenvalue weighted by molar-refractivity contribution is -0.143. The third-order valence-electron chi connectivity index (χ3n) is 3.71. The molecule has 0 radical (unpaired) electrons. The molecule has 2 unspecified atom stereocenters. The van der Waals surface area contributed by atoms with Crippen molar-refractivity contribution in [1.82, 2.24) is 9.88 Å². The number of carbonyl (C=O) groups is 2. The number of carbonyl (C=O) groups excluding carboxylic acids is 1. The van der Waals surface area contributed by atoms with Gasteiger partial charge in [0.15, 0.2) is 0 Å². The van der Waals surface area contributed by atoms with Crippen molar-refractivity contribution in [2.45, 2.75) is 32.2 Å². The Morgan fingerprint density at radius 3 is 2.84 bits per heavy atom. The van der Waals surface area contributed by atoms with Gasteiger partial charge < -0.3 is 10.0 Å². The van der Waals surface area contributed by atoms with Gasteiger partial charge in [0, 0.05) is 30.9 Å². The molecule has 5 heteroatoms. The summed E-state index contributed by atoms with van der Waals surface area (Å²) >= 11 is 0. The van der Waals surface area contributed by atoms with E-state index in [1.54, 1.807) is 11.1 Å². The molecule has 1 aromatic heterocycles. The number of pyridine rings is 1. The number of aliphatic carboxylic acids is 1. The zero-order valence-corrected chi connectivity index (χ0v) is 11.0. The maximum absolute atomic E-state index is 12.1. The minimum atomic E-state index is -0.812. The van der Waals surface area contributed by atoms with Crippen molar-refractivity contribution in [3.63, 3.8) is 0 Å². The third kappa shape index (κ3) is 3.10. The minimum absolute atomic E-state index is 0.0157. The Morgan fingerprint density at radius 1 is 1.47 bits per heavy atom. The Hall–Kier alpha value is -1.91. The molecule has 0 spiro atoms. The van der Waals surface area contributed by atoms with Crippen molar-refractivity contribution in [2.24, 2.45) is 5.92 Å². The summed E-state index contributed by atoms with van der Waals surface area (Å²) in [5.41, 5.74) is 0.887. The van der Waals surface area contributed by atoms with Gasteiger partial charge in [-0.3, -0.25) is 14.6 Å². The summed E-state index contributed by atoms with van der Waals surface area (Å²) in [6, 6.07) is 5.41. The average Bonchev–Trinajstić information content (AvgIpc) is 2.79. The smallest absolute Gasteiger partial charge is 0.308 e. The van der Waals surface area contributed by atoms with E-state index >= 15 is 0 Å². The molecule has 5 nitrogen and oxygen atoms in total. The first kappa shape index (κ1) is 13.5. The predicted molar refractivity (Wildman–Crippen MR) is 69.5 cm³/mol. The van der Waals surface area contributed by atoms with Gasteiger partial charge in [-0.1, -0.05) is 6.07 Å². The summed E-state index contributed by atoms with van der Waals surface area (Å²) in [4.78, 5) is 29.0. The normalized spacial score (nSPS) is 22.5. The number of rotatable bonds is 4. The zero-order chi connectivity index (χ0) is 13.8. The van der Waals surface area contributed by atoms with Crippen LogP contribution in [0.2, 0.25) is 0 Å². The second-order valence-corrected chi connectivity index (χ2v) is 4.88. The van der Waals surface area contributed by atoms with Crippen LogP contribution >= 0.6 is 0 Å². The predicted octanol–water partition coefficient (Wildman–Crippen LogP) is 1.34. The second-order valence-electron chi connectivity index (χ2n) is 4.88. The highest BCUT2D eigenvalue weighted by atomic mass is 16.4. The highest BCUT2D eigenvalue weighted by Gasteiger charge is 2.37. The summed E-state index contributed by atoms with van der Waals surface area (Å²) in [5, 5.41) is 9.04. The molecule has 1 saturated heterocycles. The van der Waals surface area contributed by atoms with Crippen molar-refractivity contribution in [1.29, 1.82) is 0 Å². The van der Waals surface area contributed by atoms with Crippen LogP contribution in [-0.4, -0.2) is 39.5 Å². The molecule has 1 aromatic rings. The van der Waals surface area contributed by atoms with Crippen LogP contribution in [0.15, 0.2) is 24.4 Å². The molecule has 1 N–H and O–H groups in total. The first-order chi connectivity index (χ1) is 9.09. The molecule has 0 saturated carbocycles. The fraction of sp³-hybridized carbons (Fsp3) is 0.500. The Balaban J connectivity index is 1.89. The molecule has 2 heterocycles. The van der Waals surface area contributed by atoms with Gasteiger partial charge in [-0.2, -0.15) is 0 Å². The van der Waals surface area contributed by atoms with E-state index in [2.05, 4.69) is 4.98 Å². The number of hydrogen-bond donors (Lipinski definition) is 1. The Bertz CT molecular complexity index is 461. The summed E-state index contributed by atoms with van der Waals surface area (Å²) in [6.07, 6.45) is 3.24. The van der Waals surface area contributed by atoms with E-state index in [1.807, 2.05) is 25.1 Å². The molecule has 0 aromatic carbocycles. The van der Waals surface area contributed by atoms with Crippen LogP contribution in [0.4, 0.5) is 0 Å². The Kier molecular flexibility index (Phi) is 4.14. The fourth-order valence-corrected chi connectivity index (χ4v) is 2.55. The zero-order valence-electron chi connectivity index (χ0n) is 11.0. The van der Waals surface area contributed by atoms with Crippen LogP contribution in [0.25, 0.3) is 0 Å². The third-order valence-corrected chi connectivity index (χ3v) is 3.71. The number of hydrogen-bond acceptors (Lipinski definition) is 3. The summed E-state index contributed by atoms with van der Waals surface area (Å²) in [6.45, 7) is 2.35. The number of nitrogens with zero attached hydrogens (tertiary/aromatic N) is 2. The van der Waals surface area contributed by atoms with Gasteiger partial charge in [-0.05, 0) is 31.9 Å². The van der Waals surface area contributed by atoms with Gasteiger partial charge in [-0.15, -0.1) is 0 Å². The van der Waals surface area contributed by atoms with Crippen LogP contribution in [0.1, 0.15) is 25.5 Å². The van der Waals surface area contributed by atoms with Crippen molar-refractivity contribution < 1.29 is 14.7 Å². The molecule has 19 heavy (non-hydrogen) atoms. The molecular formula is C14H18N2O3.